The van der Waals surface area contributed by atoms with Crippen LogP contribution >= 0.6 is 0 Å². The Kier molecular flexibility index (Phi) is 3.83. The van der Waals surface area contributed by atoms with Crippen molar-refractivity contribution in [3.63, 3.8) is 0 Å². The minimum atomic E-state index is -1.17. The number of nitrogens with zero attached hydrogens (tertiary/aromatic N) is 3. The van der Waals surface area contributed by atoms with Crippen LogP contribution in [-0.2, 0) is 4.74 Å². The van der Waals surface area contributed by atoms with Crippen LogP contribution in [0.2, 0.25) is 0 Å². The van der Waals surface area contributed by atoms with Crippen LogP contribution in [0.1, 0.15) is 12.6 Å². The van der Waals surface area contributed by atoms with E-state index in [1.54, 1.807) is 7.05 Å². The molecule has 3 rings (SSSR count). The molecular formula is C12H17N5O5. The number of hydrogen-bond donors (Lipinski definition) is 5. The van der Waals surface area contributed by atoms with Crippen molar-refractivity contribution in [1.82, 2.24) is 19.5 Å². The molecule has 10 heteroatoms. The first-order chi connectivity index (χ1) is 10.5. The monoisotopic (exact) mass is 311 g/mol. The molecule has 2 aromatic heterocycles. The first-order valence-electron chi connectivity index (χ1n) is 6.82. The summed E-state index contributed by atoms with van der Waals surface area (Å²) in [4.78, 5) is 22.7. The van der Waals surface area contributed by atoms with Crippen molar-refractivity contribution in [3.05, 3.63) is 16.7 Å². The summed E-state index contributed by atoms with van der Waals surface area (Å²) < 4.78 is 7.08. The Morgan fingerprint density at radius 3 is 3.00 bits per heavy atom. The number of aromatic amines is 1. The Labute approximate surface area is 124 Å². The molecule has 1 fully saturated rings. The molecular weight excluding hydrogens is 294 g/mol. The van der Waals surface area contributed by atoms with E-state index in [-0.39, 0.29) is 17.9 Å². The van der Waals surface area contributed by atoms with Crippen molar-refractivity contribution in [2.45, 2.75) is 31.0 Å². The SMILES string of the molecule is CNc1nc2c(ncn2[C@H]2C[C@@H](O)[C@H](O)[C@@H](CO)O2)c(=O)[nH]1. The number of aromatic nitrogens is 4. The Morgan fingerprint density at radius 2 is 2.32 bits per heavy atom. The maximum absolute atomic E-state index is 11.9. The number of hydrogen-bond acceptors (Lipinski definition) is 8. The zero-order valence-corrected chi connectivity index (χ0v) is 11.8. The Balaban J connectivity index is 2.03. The van der Waals surface area contributed by atoms with Crippen LogP contribution < -0.4 is 10.9 Å². The highest BCUT2D eigenvalue weighted by Crippen LogP contribution is 2.29. The van der Waals surface area contributed by atoms with E-state index in [4.69, 9.17) is 4.74 Å². The van der Waals surface area contributed by atoms with E-state index in [1.807, 2.05) is 0 Å². The molecule has 0 bridgehead atoms. The van der Waals surface area contributed by atoms with Crippen molar-refractivity contribution in [1.29, 1.82) is 0 Å². The minimum absolute atomic E-state index is 0.0898. The van der Waals surface area contributed by atoms with E-state index in [0.29, 0.717) is 5.65 Å². The zero-order chi connectivity index (χ0) is 15.9. The number of aliphatic hydroxyl groups is 3. The summed E-state index contributed by atoms with van der Waals surface area (Å²) in [5, 5.41) is 31.6. The third kappa shape index (κ3) is 2.35. The van der Waals surface area contributed by atoms with Gasteiger partial charge in [-0.1, -0.05) is 0 Å². The van der Waals surface area contributed by atoms with Gasteiger partial charge in [-0.2, -0.15) is 4.98 Å². The van der Waals surface area contributed by atoms with Gasteiger partial charge in [0.25, 0.3) is 5.56 Å². The second-order valence-electron chi connectivity index (χ2n) is 5.09. The Bertz CT molecular complexity index is 728. The van der Waals surface area contributed by atoms with Crippen LogP contribution in [0.3, 0.4) is 0 Å². The highest BCUT2D eigenvalue weighted by molar-refractivity contribution is 5.70. The lowest BCUT2D eigenvalue weighted by molar-refractivity contribution is -0.200. The molecule has 1 aliphatic heterocycles. The largest absolute Gasteiger partial charge is 0.394 e. The first kappa shape index (κ1) is 14.9. The van der Waals surface area contributed by atoms with Gasteiger partial charge in [0, 0.05) is 13.5 Å². The second-order valence-corrected chi connectivity index (χ2v) is 5.09. The molecule has 120 valence electrons. The van der Waals surface area contributed by atoms with Crippen LogP contribution in [0.25, 0.3) is 11.2 Å². The summed E-state index contributed by atoms with van der Waals surface area (Å²) in [6.45, 7) is -0.433. The fourth-order valence-corrected chi connectivity index (χ4v) is 2.52. The zero-order valence-electron chi connectivity index (χ0n) is 11.8. The third-order valence-electron chi connectivity index (χ3n) is 3.71. The second kappa shape index (κ2) is 5.65. The summed E-state index contributed by atoms with van der Waals surface area (Å²) in [6.07, 6.45) is -2.36. The predicted molar refractivity (Wildman–Crippen MR) is 75.3 cm³/mol. The molecule has 0 saturated carbocycles. The fourth-order valence-electron chi connectivity index (χ4n) is 2.52. The number of rotatable bonds is 3. The highest BCUT2D eigenvalue weighted by Gasteiger charge is 2.37. The van der Waals surface area contributed by atoms with Gasteiger partial charge in [0.05, 0.1) is 19.0 Å². The number of ether oxygens (including phenoxy) is 1. The lowest BCUT2D eigenvalue weighted by atomic mass is 10.0. The number of aliphatic hydroxyl groups excluding tert-OH is 3. The van der Waals surface area contributed by atoms with Crippen LogP contribution in [0, 0.1) is 0 Å². The van der Waals surface area contributed by atoms with Gasteiger partial charge in [0.1, 0.15) is 18.4 Å². The fraction of sp³-hybridized carbons (Fsp3) is 0.583. The normalized spacial score (nSPS) is 28.9. The van der Waals surface area contributed by atoms with E-state index in [1.165, 1.54) is 10.9 Å². The van der Waals surface area contributed by atoms with Crippen molar-refractivity contribution >= 4 is 17.1 Å². The smallest absolute Gasteiger partial charge is 0.280 e. The topological polar surface area (TPSA) is 146 Å². The molecule has 10 nitrogen and oxygen atoms in total. The van der Waals surface area contributed by atoms with Gasteiger partial charge in [-0.25, -0.2) is 4.98 Å². The van der Waals surface area contributed by atoms with Crippen molar-refractivity contribution < 1.29 is 20.1 Å². The maximum atomic E-state index is 11.9. The van der Waals surface area contributed by atoms with Crippen LogP contribution in [0.15, 0.2) is 11.1 Å². The van der Waals surface area contributed by atoms with Crippen molar-refractivity contribution in [2.75, 3.05) is 19.0 Å². The molecule has 5 N–H and O–H groups in total. The van der Waals surface area contributed by atoms with Gasteiger partial charge < -0.3 is 25.4 Å². The lowest BCUT2D eigenvalue weighted by Crippen LogP contribution is -2.48. The van der Waals surface area contributed by atoms with Crippen LogP contribution in [-0.4, -0.2) is 66.8 Å². The molecule has 0 amide bonds. The van der Waals surface area contributed by atoms with Crippen LogP contribution in [0.5, 0.6) is 0 Å². The van der Waals surface area contributed by atoms with Crippen molar-refractivity contribution in [2.24, 2.45) is 0 Å². The molecule has 1 aliphatic rings. The number of H-pyrrole nitrogens is 1. The molecule has 0 radical (unpaired) electrons. The molecule has 1 saturated heterocycles. The molecule has 4 atom stereocenters. The highest BCUT2D eigenvalue weighted by atomic mass is 16.5. The van der Waals surface area contributed by atoms with Gasteiger partial charge in [0.2, 0.25) is 5.95 Å². The van der Waals surface area contributed by atoms with Gasteiger partial charge in [-0.15, -0.1) is 0 Å². The molecule has 0 aliphatic carbocycles. The molecule has 0 spiro atoms. The van der Waals surface area contributed by atoms with Gasteiger partial charge in [-0.05, 0) is 0 Å². The number of anilines is 1. The summed E-state index contributed by atoms with van der Waals surface area (Å²) in [5.74, 6) is 0.273. The van der Waals surface area contributed by atoms with E-state index in [2.05, 4.69) is 20.3 Å². The quantitative estimate of drug-likeness (QED) is 0.444. The van der Waals surface area contributed by atoms with Gasteiger partial charge in [0.15, 0.2) is 11.2 Å². The average Bonchev–Trinajstić information content (AvgIpc) is 2.94. The van der Waals surface area contributed by atoms with Gasteiger partial charge in [-0.3, -0.25) is 14.3 Å². The van der Waals surface area contributed by atoms with Crippen molar-refractivity contribution in [3.8, 4) is 0 Å². The molecule has 3 heterocycles. The number of fused-ring (bicyclic) bond motifs is 1. The standard InChI is InChI=1S/C12H17N5O5/c1-13-12-15-10-8(11(21)16-12)14-4-17(10)7-2-5(19)9(20)6(3-18)22-7/h4-7,9,18-20H,2-3H2,1H3,(H2,13,15,16,21)/t5-,6-,7-,9+/m1/s1. The molecule has 22 heavy (non-hydrogen) atoms. The first-order valence-corrected chi connectivity index (χ1v) is 6.82. The molecule has 0 aromatic carbocycles. The summed E-state index contributed by atoms with van der Waals surface area (Å²) in [6, 6.07) is 0. The Hall–Kier alpha value is -2.01. The maximum Gasteiger partial charge on any atom is 0.280 e. The third-order valence-corrected chi connectivity index (χ3v) is 3.71. The average molecular weight is 311 g/mol. The van der Waals surface area contributed by atoms with Gasteiger partial charge >= 0.3 is 0 Å². The summed E-state index contributed by atoms with van der Waals surface area (Å²) in [7, 11) is 1.61. The minimum Gasteiger partial charge on any atom is -0.394 e. The van der Waals surface area contributed by atoms with E-state index in [0.717, 1.165) is 0 Å². The lowest BCUT2D eigenvalue weighted by Gasteiger charge is -2.36. The number of nitrogens with one attached hydrogen (secondary N) is 2. The van der Waals surface area contributed by atoms with E-state index >= 15 is 0 Å². The number of imidazole rings is 1. The van der Waals surface area contributed by atoms with E-state index < -0.39 is 36.7 Å². The van der Waals surface area contributed by atoms with Crippen LogP contribution in [0.4, 0.5) is 5.95 Å². The summed E-state index contributed by atoms with van der Waals surface area (Å²) >= 11 is 0. The Morgan fingerprint density at radius 1 is 1.55 bits per heavy atom. The molecule has 2 aromatic rings. The predicted octanol–water partition coefficient (Wildman–Crippen LogP) is -1.84. The molecule has 0 unspecified atom stereocenters. The summed E-state index contributed by atoms with van der Waals surface area (Å²) in [5.41, 5.74) is 0.0327. The van der Waals surface area contributed by atoms with E-state index in [9.17, 15) is 20.1 Å².